The minimum absolute atomic E-state index is 0.736. The van der Waals surface area contributed by atoms with Gasteiger partial charge in [-0.3, -0.25) is 0 Å². The van der Waals surface area contributed by atoms with Crippen LogP contribution >= 0.6 is 0 Å². The molecule has 0 radical (unpaired) electrons. The lowest BCUT2D eigenvalue weighted by Crippen LogP contribution is -2.29. The van der Waals surface area contributed by atoms with Crippen LogP contribution in [0.4, 0.5) is 0 Å². The van der Waals surface area contributed by atoms with Crippen LogP contribution in [0.1, 0.15) is 20.3 Å². The first-order chi connectivity index (χ1) is 5.31. The monoisotopic (exact) mass is 156 g/mol. The van der Waals surface area contributed by atoms with Crippen LogP contribution in [-0.4, -0.2) is 20.3 Å². The Hall–Kier alpha value is -0.340. The van der Waals surface area contributed by atoms with Crippen molar-refractivity contribution >= 4 is 0 Å². The molecular formula is C9H20N2. The van der Waals surface area contributed by atoms with Gasteiger partial charge in [-0.05, 0) is 32.9 Å². The predicted octanol–water partition coefficient (Wildman–Crippen LogP) is 1.36. The zero-order valence-electron chi connectivity index (χ0n) is 7.85. The van der Waals surface area contributed by atoms with Gasteiger partial charge in [-0.2, -0.15) is 0 Å². The van der Waals surface area contributed by atoms with Gasteiger partial charge in [-0.15, -0.1) is 0 Å². The van der Waals surface area contributed by atoms with Crippen molar-refractivity contribution in [1.82, 2.24) is 10.6 Å². The molecule has 2 N–H and O–H groups in total. The molecule has 11 heavy (non-hydrogen) atoms. The number of hydrogen-bond acceptors (Lipinski definition) is 2. The summed E-state index contributed by atoms with van der Waals surface area (Å²) in [6, 6.07) is 0. The quantitative estimate of drug-likeness (QED) is 0.345. The van der Waals surface area contributed by atoms with Gasteiger partial charge in [-0.25, -0.2) is 0 Å². The maximum Gasteiger partial charge on any atom is 0.0451 e. The Labute approximate surface area is 70.1 Å². The number of nitrogens with one attached hydrogen (secondary N) is 2. The highest BCUT2D eigenvalue weighted by Gasteiger charge is 1.96. The Morgan fingerprint density at radius 1 is 1.45 bits per heavy atom. The van der Waals surface area contributed by atoms with Crippen molar-refractivity contribution in [3.8, 4) is 0 Å². The van der Waals surface area contributed by atoms with Crippen LogP contribution < -0.4 is 10.6 Å². The van der Waals surface area contributed by atoms with Crippen molar-refractivity contribution in [3.05, 3.63) is 12.2 Å². The first-order valence-corrected chi connectivity index (χ1v) is 4.27. The second-order valence-corrected chi connectivity index (χ2v) is 2.89. The van der Waals surface area contributed by atoms with Crippen molar-refractivity contribution in [3.63, 3.8) is 0 Å². The summed E-state index contributed by atoms with van der Waals surface area (Å²) in [5.74, 6) is 0.736. The third kappa shape index (κ3) is 7.56. The summed E-state index contributed by atoms with van der Waals surface area (Å²) < 4.78 is 0. The number of hydrogen-bond donors (Lipinski definition) is 2. The van der Waals surface area contributed by atoms with Gasteiger partial charge in [0, 0.05) is 6.67 Å². The van der Waals surface area contributed by atoms with E-state index < -0.39 is 0 Å². The van der Waals surface area contributed by atoms with Crippen molar-refractivity contribution in [1.29, 1.82) is 0 Å². The Balaban J connectivity index is 3.15. The molecule has 0 aliphatic carbocycles. The Morgan fingerprint density at radius 2 is 2.18 bits per heavy atom. The van der Waals surface area contributed by atoms with Crippen LogP contribution in [0.3, 0.4) is 0 Å². The lowest BCUT2D eigenvalue weighted by Gasteiger charge is -2.09. The van der Waals surface area contributed by atoms with E-state index in [2.05, 4.69) is 36.6 Å². The van der Waals surface area contributed by atoms with Gasteiger partial charge in [-0.1, -0.05) is 19.1 Å². The molecule has 0 heterocycles. The van der Waals surface area contributed by atoms with E-state index in [4.69, 9.17) is 0 Å². The molecule has 0 saturated heterocycles. The molecule has 0 aromatic rings. The lowest BCUT2D eigenvalue weighted by molar-refractivity contribution is 0.505. The summed E-state index contributed by atoms with van der Waals surface area (Å²) in [5, 5.41) is 6.35. The molecule has 0 spiro atoms. The van der Waals surface area contributed by atoms with Gasteiger partial charge in [0.15, 0.2) is 0 Å². The topological polar surface area (TPSA) is 24.1 Å². The Kier molecular flexibility index (Phi) is 7.52. The predicted molar refractivity (Wildman–Crippen MR) is 50.5 cm³/mol. The second kappa shape index (κ2) is 7.76. The average Bonchev–Trinajstić information content (AvgIpc) is 2.01. The van der Waals surface area contributed by atoms with E-state index in [1.54, 1.807) is 0 Å². The first kappa shape index (κ1) is 10.7. The molecule has 0 rings (SSSR count). The fraction of sp³-hybridized carbons (Fsp3) is 0.778. The summed E-state index contributed by atoms with van der Waals surface area (Å²) in [6.07, 6.45) is 5.49. The van der Waals surface area contributed by atoms with E-state index in [-0.39, 0.29) is 0 Å². The Bertz CT molecular complexity index is 99.7. The molecule has 0 aliphatic heterocycles. The van der Waals surface area contributed by atoms with E-state index in [9.17, 15) is 0 Å². The normalized spacial score (nSPS) is 14.1. The van der Waals surface area contributed by atoms with Crippen LogP contribution in [0.25, 0.3) is 0 Å². The fourth-order valence-corrected chi connectivity index (χ4v) is 0.895. The summed E-state index contributed by atoms with van der Waals surface area (Å²) in [4.78, 5) is 0. The van der Waals surface area contributed by atoms with Gasteiger partial charge in [0.25, 0.3) is 0 Å². The SMILES string of the molecule is CC=CCC(C)CNCNC. The van der Waals surface area contributed by atoms with E-state index in [1.807, 2.05) is 7.05 Å². The lowest BCUT2D eigenvalue weighted by atomic mass is 10.1. The Morgan fingerprint density at radius 3 is 2.73 bits per heavy atom. The van der Waals surface area contributed by atoms with Crippen LogP contribution in [0, 0.1) is 5.92 Å². The van der Waals surface area contributed by atoms with Crippen LogP contribution in [0.2, 0.25) is 0 Å². The standard InChI is InChI=1S/C9H20N2/c1-4-5-6-9(2)7-11-8-10-3/h4-5,9-11H,6-8H2,1-3H3. The molecule has 0 aromatic carbocycles. The van der Waals surface area contributed by atoms with Crippen LogP contribution in [-0.2, 0) is 0 Å². The number of allylic oxidation sites excluding steroid dienone is 2. The van der Waals surface area contributed by atoms with Crippen molar-refractivity contribution < 1.29 is 0 Å². The van der Waals surface area contributed by atoms with Gasteiger partial charge in [0.2, 0.25) is 0 Å². The van der Waals surface area contributed by atoms with E-state index in [0.29, 0.717) is 0 Å². The van der Waals surface area contributed by atoms with Gasteiger partial charge >= 0.3 is 0 Å². The molecule has 1 atom stereocenters. The number of rotatable bonds is 6. The summed E-state index contributed by atoms with van der Waals surface area (Å²) >= 11 is 0. The van der Waals surface area contributed by atoms with E-state index in [1.165, 1.54) is 6.42 Å². The molecule has 66 valence electrons. The van der Waals surface area contributed by atoms with Crippen LogP contribution in [0.5, 0.6) is 0 Å². The van der Waals surface area contributed by atoms with Gasteiger partial charge in [0.1, 0.15) is 0 Å². The molecule has 0 aromatic heterocycles. The molecule has 0 saturated carbocycles. The summed E-state index contributed by atoms with van der Waals surface area (Å²) in [5.41, 5.74) is 0. The molecule has 2 heteroatoms. The summed E-state index contributed by atoms with van der Waals surface area (Å²) in [7, 11) is 1.95. The molecule has 0 fully saturated rings. The largest absolute Gasteiger partial charge is 0.308 e. The van der Waals surface area contributed by atoms with Gasteiger partial charge < -0.3 is 10.6 Å². The van der Waals surface area contributed by atoms with E-state index >= 15 is 0 Å². The molecule has 0 amide bonds. The van der Waals surface area contributed by atoms with Crippen molar-refractivity contribution in [2.24, 2.45) is 5.92 Å². The highest BCUT2D eigenvalue weighted by atomic mass is 15.0. The fourth-order valence-electron chi connectivity index (χ4n) is 0.895. The maximum atomic E-state index is 3.30. The maximum absolute atomic E-state index is 3.30. The van der Waals surface area contributed by atoms with Crippen LogP contribution in [0.15, 0.2) is 12.2 Å². The summed E-state index contributed by atoms with van der Waals surface area (Å²) in [6.45, 7) is 6.31. The highest BCUT2D eigenvalue weighted by Crippen LogP contribution is 1.99. The third-order valence-corrected chi connectivity index (χ3v) is 1.57. The highest BCUT2D eigenvalue weighted by molar-refractivity contribution is 4.79. The minimum atomic E-state index is 0.736. The molecular weight excluding hydrogens is 136 g/mol. The molecule has 0 aliphatic rings. The van der Waals surface area contributed by atoms with Gasteiger partial charge in [0.05, 0.1) is 0 Å². The zero-order valence-corrected chi connectivity index (χ0v) is 7.85. The zero-order chi connectivity index (χ0) is 8.53. The first-order valence-electron chi connectivity index (χ1n) is 4.27. The van der Waals surface area contributed by atoms with Crippen molar-refractivity contribution in [2.45, 2.75) is 20.3 Å². The average molecular weight is 156 g/mol. The smallest absolute Gasteiger partial charge is 0.0451 e. The molecule has 0 bridgehead atoms. The minimum Gasteiger partial charge on any atom is -0.308 e. The second-order valence-electron chi connectivity index (χ2n) is 2.89. The molecule has 1 unspecified atom stereocenters. The molecule has 2 nitrogen and oxygen atoms in total. The van der Waals surface area contributed by atoms with E-state index in [0.717, 1.165) is 19.1 Å². The van der Waals surface area contributed by atoms with Crippen molar-refractivity contribution in [2.75, 3.05) is 20.3 Å². The third-order valence-electron chi connectivity index (χ3n) is 1.57.